The van der Waals surface area contributed by atoms with Crippen LogP contribution in [-0.2, 0) is 13.0 Å². The predicted octanol–water partition coefficient (Wildman–Crippen LogP) is 3.66. The number of nitrogens with zero attached hydrogens (tertiary/aromatic N) is 1. The highest BCUT2D eigenvalue weighted by Crippen LogP contribution is 2.34. The summed E-state index contributed by atoms with van der Waals surface area (Å²) in [5, 5.41) is 0. The number of fused-ring (bicyclic) bond motifs is 1. The van der Waals surface area contributed by atoms with E-state index in [9.17, 15) is 4.79 Å². The molecule has 0 aliphatic carbocycles. The molecule has 0 atom stereocenters. The van der Waals surface area contributed by atoms with Gasteiger partial charge in [-0.25, -0.2) is 0 Å². The van der Waals surface area contributed by atoms with E-state index in [1.165, 1.54) is 5.56 Å². The summed E-state index contributed by atoms with van der Waals surface area (Å²) in [5.74, 6) is 1.01. The van der Waals surface area contributed by atoms with Crippen LogP contribution in [0.15, 0.2) is 22.7 Å². The van der Waals surface area contributed by atoms with Gasteiger partial charge in [-0.05, 0) is 37.6 Å². The Kier molecular flexibility index (Phi) is 3.42. The summed E-state index contributed by atoms with van der Waals surface area (Å²) in [6, 6.07) is 6.16. The second kappa shape index (κ2) is 5.09. The molecule has 104 valence electrons. The molecule has 2 aromatic rings. The number of halogens is 1. The normalized spacial score (nSPS) is 13.2. The Morgan fingerprint density at radius 3 is 2.85 bits per heavy atom. The van der Waals surface area contributed by atoms with Crippen molar-refractivity contribution in [1.82, 2.24) is 4.57 Å². The molecule has 1 aromatic heterocycles. The van der Waals surface area contributed by atoms with E-state index in [0.717, 1.165) is 58.6 Å². The number of rotatable bonds is 3. The molecule has 0 fully saturated rings. The molecule has 0 bridgehead atoms. The van der Waals surface area contributed by atoms with Gasteiger partial charge in [-0.2, -0.15) is 0 Å². The SMILES string of the molecule is Cc1cc(C=O)c(C)n1Cc1cc(Br)cc2c1OCC2. The summed E-state index contributed by atoms with van der Waals surface area (Å²) >= 11 is 3.56. The smallest absolute Gasteiger partial charge is 0.151 e. The number of ether oxygens (including phenoxy) is 1. The Hall–Kier alpha value is -1.55. The van der Waals surface area contributed by atoms with Crippen LogP contribution in [0.3, 0.4) is 0 Å². The lowest BCUT2D eigenvalue weighted by molar-refractivity contribution is 0.112. The molecule has 0 spiro atoms. The summed E-state index contributed by atoms with van der Waals surface area (Å²) < 4.78 is 9.00. The van der Waals surface area contributed by atoms with E-state index in [1.807, 2.05) is 19.9 Å². The van der Waals surface area contributed by atoms with Gasteiger partial charge in [-0.1, -0.05) is 15.9 Å². The Morgan fingerprint density at radius 1 is 1.35 bits per heavy atom. The molecule has 1 aliphatic rings. The largest absolute Gasteiger partial charge is 0.493 e. The van der Waals surface area contributed by atoms with Gasteiger partial charge < -0.3 is 9.30 Å². The molecule has 2 heterocycles. The molecule has 0 amide bonds. The van der Waals surface area contributed by atoms with Gasteiger partial charge in [0.2, 0.25) is 0 Å². The lowest BCUT2D eigenvalue weighted by atomic mass is 10.1. The molecule has 3 nitrogen and oxygen atoms in total. The number of hydrogen-bond acceptors (Lipinski definition) is 2. The predicted molar refractivity (Wildman–Crippen MR) is 81.7 cm³/mol. The molecule has 0 saturated carbocycles. The summed E-state index contributed by atoms with van der Waals surface area (Å²) in [6.45, 7) is 5.49. The third kappa shape index (κ3) is 2.18. The molecule has 20 heavy (non-hydrogen) atoms. The molecule has 3 rings (SSSR count). The molecule has 4 heteroatoms. The monoisotopic (exact) mass is 333 g/mol. The Balaban J connectivity index is 2.04. The van der Waals surface area contributed by atoms with E-state index in [0.29, 0.717) is 0 Å². The van der Waals surface area contributed by atoms with E-state index in [1.54, 1.807) is 0 Å². The minimum atomic E-state index is 0.729. The summed E-state index contributed by atoms with van der Waals surface area (Å²) in [5.41, 5.74) is 5.27. The van der Waals surface area contributed by atoms with Crippen LogP contribution in [0.5, 0.6) is 5.75 Å². The van der Waals surface area contributed by atoms with Crippen molar-refractivity contribution in [2.24, 2.45) is 0 Å². The van der Waals surface area contributed by atoms with E-state index >= 15 is 0 Å². The topological polar surface area (TPSA) is 31.2 Å². The third-order valence-corrected chi connectivity index (χ3v) is 4.35. The van der Waals surface area contributed by atoms with Crippen LogP contribution < -0.4 is 4.74 Å². The van der Waals surface area contributed by atoms with Crippen LogP contribution in [0, 0.1) is 13.8 Å². The minimum Gasteiger partial charge on any atom is -0.493 e. The van der Waals surface area contributed by atoms with Crippen LogP contribution in [0.25, 0.3) is 0 Å². The first kappa shape index (κ1) is 13.4. The number of aromatic nitrogens is 1. The fourth-order valence-electron chi connectivity index (χ4n) is 2.82. The maximum absolute atomic E-state index is 11.0. The molecule has 0 N–H and O–H groups in total. The Morgan fingerprint density at radius 2 is 2.15 bits per heavy atom. The van der Waals surface area contributed by atoms with Crippen molar-refractivity contribution in [1.29, 1.82) is 0 Å². The fraction of sp³-hybridized carbons (Fsp3) is 0.312. The number of carbonyl (C=O) groups is 1. The Labute approximate surface area is 126 Å². The van der Waals surface area contributed by atoms with Crippen LogP contribution in [0.1, 0.15) is 32.9 Å². The van der Waals surface area contributed by atoms with Gasteiger partial charge in [0.15, 0.2) is 6.29 Å². The van der Waals surface area contributed by atoms with Crippen molar-refractivity contribution in [3.8, 4) is 5.75 Å². The maximum Gasteiger partial charge on any atom is 0.151 e. The summed E-state index contributed by atoms with van der Waals surface area (Å²) in [4.78, 5) is 11.0. The van der Waals surface area contributed by atoms with Crippen LogP contribution in [0.4, 0.5) is 0 Å². The number of aryl methyl sites for hydroxylation is 1. The van der Waals surface area contributed by atoms with Gasteiger partial charge in [-0.15, -0.1) is 0 Å². The standard InChI is InChI=1S/C16H16BrNO2/c1-10-5-14(9-19)11(2)18(10)8-13-7-15(17)6-12-3-4-20-16(12)13/h5-7,9H,3-4,8H2,1-2H3. The first-order valence-corrected chi connectivity index (χ1v) is 7.45. The van der Waals surface area contributed by atoms with Crippen LogP contribution in [0.2, 0.25) is 0 Å². The zero-order valence-corrected chi connectivity index (χ0v) is 13.2. The van der Waals surface area contributed by atoms with Gasteiger partial charge in [0, 0.05) is 33.4 Å². The lowest BCUT2D eigenvalue weighted by Gasteiger charge is -2.13. The average Bonchev–Trinajstić information content (AvgIpc) is 2.97. The van der Waals surface area contributed by atoms with Crippen LogP contribution in [-0.4, -0.2) is 17.5 Å². The zero-order chi connectivity index (χ0) is 14.3. The average molecular weight is 334 g/mol. The molecule has 0 radical (unpaired) electrons. The molecule has 0 saturated heterocycles. The highest BCUT2D eigenvalue weighted by Gasteiger charge is 2.19. The Bertz CT molecular complexity index is 688. The first-order chi connectivity index (χ1) is 9.60. The van der Waals surface area contributed by atoms with Gasteiger partial charge in [0.05, 0.1) is 13.2 Å². The number of carbonyl (C=O) groups excluding carboxylic acids is 1. The second-order valence-electron chi connectivity index (χ2n) is 5.18. The van der Waals surface area contributed by atoms with Crippen molar-refractivity contribution < 1.29 is 9.53 Å². The molecule has 0 unspecified atom stereocenters. The minimum absolute atomic E-state index is 0.729. The third-order valence-electron chi connectivity index (χ3n) is 3.89. The van der Waals surface area contributed by atoms with Crippen molar-refractivity contribution in [2.75, 3.05) is 6.61 Å². The first-order valence-electron chi connectivity index (χ1n) is 6.66. The van der Waals surface area contributed by atoms with Gasteiger partial charge >= 0.3 is 0 Å². The van der Waals surface area contributed by atoms with Crippen molar-refractivity contribution in [3.63, 3.8) is 0 Å². The number of benzene rings is 1. The highest BCUT2D eigenvalue weighted by molar-refractivity contribution is 9.10. The molecular formula is C16H16BrNO2. The van der Waals surface area contributed by atoms with Gasteiger partial charge in [0.25, 0.3) is 0 Å². The summed E-state index contributed by atoms with van der Waals surface area (Å²) in [7, 11) is 0. The van der Waals surface area contributed by atoms with Crippen molar-refractivity contribution in [3.05, 3.63) is 50.8 Å². The number of aldehydes is 1. The van der Waals surface area contributed by atoms with Gasteiger partial charge in [-0.3, -0.25) is 4.79 Å². The maximum atomic E-state index is 11.0. The number of hydrogen-bond donors (Lipinski definition) is 0. The highest BCUT2D eigenvalue weighted by atomic mass is 79.9. The lowest BCUT2D eigenvalue weighted by Crippen LogP contribution is -2.05. The molecule has 1 aliphatic heterocycles. The molecular weight excluding hydrogens is 318 g/mol. The second-order valence-corrected chi connectivity index (χ2v) is 6.10. The van der Waals surface area contributed by atoms with E-state index < -0.39 is 0 Å². The van der Waals surface area contributed by atoms with E-state index in [-0.39, 0.29) is 0 Å². The fourth-order valence-corrected chi connectivity index (χ4v) is 3.38. The quantitative estimate of drug-likeness (QED) is 0.802. The molecule has 1 aromatic carbocycles. The van der Waals surface area contributed by atoms with E-state index in [4.69, 9.17) is 4.74 Å². The zero-order valence-electron chi connectivity index (χ0n) is 11.6. The van der Waals surface area contributed by atoms with Crippen LogP contribution >= 0.6 is 15.9 Å². The van der Waals surface area contributed by atoms with Crippen molar-refractivity contribution >= 4 is 22.2 Å². The van der Waals surface area contributed by atoms with E-state index in [2.05, 4.69) is 32.6 Å². The van der Waals surface area contributed by atoms with Crippen molar-refractivity contribution in [2.45, 2.75) is 26.8 Å². The summed E-state index contributed by atoms with van der Waals surface area (Å²) in [6.07, 6.45) is 1.88. The van der Waals surface area contributed by atoms with Gasteiger partial charge in [0.1, 0.15) is 5.75 Å².